The lowest BCUT2D eigenvalue weighted by atomic mass is 10.1. The van der Waals surface area contributed by atoms with Crippen LogP contribution in [0, 0.1) is 5.82 Å². The summed E-state index contributed by atoms with van der Waals surface area (Å²) in [6.45, 7) is 0. The van der Waals surface area contributed by atoms with Gasteiger partial charge in [-0.3, -0.25) is 4.79 Å². The van der Waals surface area contributed by atoms with Gasteiger partial charge in [0.05, 0.1) is 9.37 Å². The van der Waals surface area contributed by atoms with Gasteiger partial charge < -0.3 is 4.52 Å². The molecule has 1 aromatic carbocycles. The van der Waals surface area contributed by atoms with E-state index in [-0.39, 0.29) is 11.5 Å². The normalized spacial score (nSPS) is 14.6. The van der Waals surface area contributed by atoms with Crippen molar-refractivity contribution in [1.82, 2.24) is 5.16 Å². The fourth-order valence-corrected chi connectivity index (χ4v) is 3.14. The van der Waals surface area contributed by atoms with Gasteiger partial charge in [0.2, 0.25) is 5.78 Å². The SMILES string of the molecule is CSc1c(C(=O)c2cc(C3CC3)on2)ccc(Br)c1F. The zero-order valence-corrected chi connectivity index (χ0v) is 13.1. The third-order valence-corrected chi connectivity index (χ3v) is 4.66. The van der Waals surface area contributed by atoms with Gasteiger partial charge in [-0.1, -0.05) is 5.16 Å². The van der Waals surface area contributed by atoms with Crippen molar-refractivity contribution in [3.05, 3.63) is 45.5 Å². The molecule has 0 aliphatic heterocycles. The second-order valence-electron chi connectivity index (χ2n) is 4.66. The molecular formula is C14H11BrFNO2S. The largest absolute Gasteiger partial charge is 0.360 e. The van der Waals surface area contributed by atoms with Gasteiger partial charge in [-0.25, -0.2) is 4.39 Å². The fourth-order valence-electron chi connectivity index (χ4n) is 2.00. The van der Waals surface area contributed by atoms with E-state index in [1.54, 1.807) is 18.4 Å². The standard InChI is InChI=1S/C14H11BrFNO2S/c1-20-14-8(4-5-9(15)12(14)16)13(18)10-6-11(19-17-10)7-2-3-7/h4-7H,2-3H2,1H3. The number of ketones is 1. The van der Waals surface area contributed by atoms with E-state index < -0.39 is 5.82 Å². The molecule has 1 aliphatic rings. The van der Waals surface area contributed by atoms with Gasteiger partial charge in [0.25, 0.3) is 0 Å². The minimum Gasteiger partial charge on any atom is -0.360 e. The number of carbonyl (C=O) groups is 1. The summed E-state index contributed by atoms with van der Waals surface area (Å²) in [6, 6.07) is 4.81. The number of rotatable bonds is 4. The molecule has 0 atom stereocenters. The lowest BCUT2D eigenvalue weighted by Crippen LogP contribution is -2.05. The topological polar surface area (TPSA) is 43.1 Å². The van der Waals surface area contributed by atoms with E-state index in [2.05, 4.69) is 21.1 Å². The number of aromatic nitrogens is 1. The summed E-state index contributed by atoms with van der Waals surface area (Å²) in [6.07, 6.45) is 3.89. The van der Waals surface area contributed by atoms with Crippen LogP contribution in [0.5, 0.6) is 0 Å². The Morgan fingerprint density at radius 2 is 2.25 bits per heavy atom. The molecule has 1 fully saturated rings. The molecule has 0 unspecified atom stereocenters. The molecule has 0 bridgehead atoms. The fraction of sp³-hybridized carbons (Fsp3) is 0.286. The van der Waals surface area contributed by atoms with Gasteiger partial charge in [0.15, 0.2) is 11.5 Å². The molecule has 1 heterocycles. The van der Waals surface area contributed by atoms with Crippen molar-refractivity contribution in [3.8, 4) is 0 Å². The van der Waals surface area contributed by atoms with Crippen molar-refractivity contribution in [2.45, 2.75) is 23.7 Å². The maximum absolute atomic E-state index is 14.0. The maximum Gasteiger partial charge on any atom is 0.216 e. The third-order valence-electron chi connectivity index (χ3n) is 3.24. The van der Waals surface area contributed by atoms with Gasteiger partial charge >= 0.3 is 0 Å². The highest BCUT2D eigenvalue weighted by Gasteiger charge is 2.29. The molecule has 104 valence electrons. The molecule has 0 radical (unpaired) electrons. The van der Waals surface area contributed by atoms with E-state index >= 15 is 0 Å². The Balaban J connectivity index is 1.98. The molecule has 3 rings (SSSR count). The molecule has 0 saturated heterocycles. The highest BCUT2D eigenvalue weighted by Crippen LogP contribution is 2.40. The van der Waals surface area contributed by atoms with Crippen molar-refractivity contribution in [2.24, 2.45) is 0 Å². The summed E-state index contributed by atoms with van der Waals surface area (Å²) in [5, 5.41) is 3.81. The van der Waals surface area contributed by atoms with Gasteiger partial charge in [-0.15, -0.1) is 11.8 Å². The van der Waals surface area contributed by atoms with Crippen LogP contribution in [0.15, 0.2) is 32.1 Å². The molecule has 20 heavy (non-hydrogen) atoms. The number of hydrogen-bond acceptors (Lipinski definition) is 4. The minimum atomic E-state index is -0.422. The van der Waals surface area contributed by atoms with Crippen LogP contribution < -0.4 is 0 Å². The smallest absolute Gasteiger partial charge is 0.216 e. The highest BCUT2D eigenvalue weighted by atomic mass is 79.9. The molecule has 1 aromatic heterocycles. The number of thioether (sulfide) groups is 1. The van der Waals surface area contributed by atoms with Crippen LogP contribution in [-0.2, 0) is 0 Å². The first-order valence-corrected chi connectivity index (χ1v) is 8.17. The Bertz CT molecular complexity index is 682. The van der Waals surface area contributed by atoms with Gasteiger partial charge in [-0.2, -0.15) is 0 Å². The molecule has 3 nitrogen and oxygen atoms in total. The zero-order chi connectivity index (χ0) is 14.3. The lowest BCUT2D eigenvalue weighted by Gasteiger charge is -2.07. The Kier molecular flexibility index (Phi) is 3.69. The number of carbonyl (C=O) groups excluding carboxylic acids is 1. The predicted molar refractivity (Wildman–Crippen MR) is 77.8 cm³/mol. The molecule has 1 aliphatic carbocycles. The molecule has 1 saturated carbocycles. The van der Waals surface area contributed by atoms with Gasteiger partial charge in [0, 0.05) is 17.5 Å². The molecular weight excluding hydrogens is 345 g/mol. The Morgan fingerprint density at radius 3 is 2.90 bits per heavy atom. The highest BCUT2D eigenvalue weighted by molar-refractivity contribution is 9.10. The second-order valence-corrected chi connectivity index (χ2v) is 6.33. The molecule has 0 N–H and O–H groups in total. The van der Waals surface area contributed by atoms with Crippen LogP contribution in [0.2, 0.25) is 0 Å². The molecule has 0 amide bonds. The quantitative estimate of drug-likeness (QED) is 0.601. The Morgan fingerprint density at radius 1 is 1.50 bits per heavy atom. The van der Waals surface area contributed by atoms with E-state index in [0.717, 1.165) is 18.6 Å². The summed E-state index contributed by atoms with van der Waals surface area (Å²) >= 11 is 4.32. The Hall–Kier alpha value is -1.14. The Labute approximate surface area is 128 Å². The van der Waals surface area contributed by atoms with Crippen molar-refractivity contribution in [3.63, 3.8) is 0 Å². The van der Waals surface area contributed by atoms with Crippen LogP contribution in [0.25, 0.3) is 0 Å². The zero-order valence-electron chi connectivity index (χ0n) is 10.7. The number of benzene rings is 1. The van der Waals surface area contributed by atoms with E-state index in [0.29, 0.717) is 20.8 Å². The summed E-state index contributed by atoms with van der Waals surface area (Å²) in [5.74, 6) is 0.410. The summed E-state index contributed by atoms with van der Waals surface area (Å²) in [4.78, 5) is 12.7. The molecule has 6 heteroatoms. The first-order chi connectivity index (χ1) is 9.61. The van der Waals surface area contributed by atoms with E-state index in [4.69, 9.17) is 4.52 Å². The van der Waals surface area contributed by atoms with E-state index in [1.807, 2.05) is 0 Å². The van der Waals surface area contributed by atoms with E-state index in [9.17, 15) is 9.18 Å². The van der Waals surface area contributed by atoms with Crippen LogP contribution in [0.4, 0.5) is 4.39 Å². The van der Waals surface area contributed by atoms with Crippen LogP contribution >= 0.6 is 27.7 Å². The van der Waals surface area contributed by atoms with Crippen molar-refractivity contribution in [2.75, 3.05) is 6.26 Å². The number of nitrogens with zero attached hydrogens (tertiary/aromatic N) is 1. The maximum atomic E-state index is 14.0. The summed E-state index contributed by atoms with van der Waals surface area (Å²) in [5.41, 5.74) is 0.553. The second kappa shape index (κ2) is 5.33. The van der Waals surface area contributed by atoms with Crippen molar-refractivity contribution in [1.29, 1.82) is 0 Å². The minimum absolute atomic E-state index is 0.240. The number of hydrogen-bond donors (Lipinski definition) is 0. The van der Waals surface area contributed by atoms with Crippen molar-refractivity contribution < 1.29 is 13.7 Å². The predicted octanol–water partition coefficient (Wildman–Crippen LogP) is 4.41. The van der Waals surface area contributed by atoms with Gasteiger partial charge in [-0.05, 0) is 47.2 Å². The van der Waals surface area contributed by atoms with Crippen molar-refractivity contribution >= 4 is 33.5 Å². The van der Waals surface area contributed by atoms with Crippen LogP contribution in [0.3, 0.4) is 0 Å². The average Bonchev–Trinajstić information content (AvgIpc) is 3.18. The summed E-state index contributed by atoms with van der Waals surface area (Å²) < 4.78 is 19.5. The average molecular weight is 356 g/mol. The summed E-state index contributed by atoms with van der Waals surface area (Å²) in [7, 11) is 0. The van der Waals surface area contributed by atoms with Crippen LogP contribution in [0.1, 0.15) is 40.6 Å². The molecule has 2 aromatic rings. The first kappa shape index (κ1) is 13.8. The molecule has 0 spiro atoms. The third kappa shape index (κ3) is 2.42. The number of halogens is 2. The first-order valence-electron chi connectivity index (χ1n) is 6.15. The lowest BCUT2D eigenvalue weighted by molar-refractivity contribution is 0.102. The van der Waals surface area contributed by atoms with Crippen LogP contribution in [-0.4, -0.2) is 17.2 Å². The van der Waals surface area contributed by atoms with E-state index in [1.165, 1.54) is 17.8 Å². The van der Waals surface area contributed by atoms with Gasteiger partial charge in [0.1, 0.15) is 5.76 Å². The monoisotopic (exact) mass is 355 g/mol.